The van der Waals surface area contributed by atoms with E-state index in [1.54, 1.807) is 24.3 Å². The molecule has 0 spiro atoms. The third kappa shape index (κ3) is 5.11. The van der Waals surface area contributed by atoms with Crippen molar-refractivity contribution in [2.45, 2.75) is 13.1 Å². The van der Waals surface area contributed by atoms with E-state index in [1.165, 1.54) is 29.2 Å². The molecule has 3 rings (SSSR count). The van der Waals surface area contributed by atoms with Crippen LogP contribution in [0.3, 0.4) is 0 Å². The first kappa shape index (κ1) is 19.4. The van der Waals surface area contributed by atoms with E-state index in [-0.39, 0.29) is 36.7 Å². The van der Waals surface area contributed by atoms with Crippen molar-refractivity contribution in [1.29, 1.82) is 0 Å². The largest absolute Gasteiger partial charge is 0.467 e. The number of rotatable bonds is 7. The molecule has 0 aliphatic heterocycles. The van der Waals surface area contributed by atoms with Gasteiger partial charge in [0, 0.05) is 17.3 Å². The molecule has 0 saturated carbocycles. The number of halogens is 1. The van der Waals surface area contributed by atoms with Crippen molar-refractivity contribution in [2.75, 3.05) is 6.54 Å². The molecule has 0 saturated heterocycles. The molecule has 28 heavy (non-hydrogen) atoms. The fourth-order valence-electron chi connectivity index (χ4n) is 2.52. The monoisotopic (exact) mass is 399 g/mol. The predicted octanol–water partition coefficient (Wildman–Crippen LogP) is 2.19. The van der Waals surface area contributed by atoms with Crippen molar-refractivity contribution in [3.63, 3.8) is 0 Å². The Labute approximate surface area is 165 Å². The fraction of sp³-hybridized carbons (Fsp3) is 0.150. The Balaban J connectivity index is 1.60. The fourth-order valence-corrected chi connectivity index (χ4v) is 2.72. The first-order chi connectivity index (χ1) is 13.5. The lowest BCUT2D eigenvalue weighted by atomic mass is 10.2. The molecule has 0 fully saturated rings. The molecular weight excluding hydrogens is 382 g/mol. The lowest BCUT2D eigenvalue weighted by Gasteiger charge is -2.10. The molecule has 0 bridgehead atoms. The number of nitrogens with zero attached hydrogens (tertiary/aromatic N) is 1. The number of pyridine rings is 1. The van der Waals surface area contributed by atoms with Crippen LogP contribution in [0.2, 0.25) is 5.02 Å². The number of carbonyl (C=O) groups excluding carboxylic acids is 2. The second kappa shape index (κ2) is 9.05. The lowest BCUT2D eigenvalue weighted by Crippen LogP contribution is -2.37. The van der Waals surface area contributed by atoms with Crippen LogP contribution in [-0.4, -0.2) is 22.9 Å². The number of amides is 2. The van der Waals surface area contributed by atoms with Crippen LogP contribution in [0.4, 0.5) is 0 Å². The Bertz CT molecular complexity index is 1030. The van der Waals surface area contributed by atoms with E-state index in [2.05, 4.69) is 10.6 Å². The normalized spacial score (nSPS) is 10.5. The SMILES string of the molecule is O=C(CNC(=O)c1ccc(=O)n(Cc2ccccc2Cl)c1)NCc1ccco1. The van der Waals surface area contributed by atoms with Gasteiger partial charge in [0.15, 0.2) is 0 Å². The first-order valence-electron chi connectivity index (χ1n) is 8.54. The third-order valence-electron chi connectivity index (χ3n) is 3.99. The maximum atomic E-state index is 12.3. The highest BCUT2D eigenvalue weighted by Gasteiger charge is 2.11. The molecule has 2 amide bonds. The average Bonchev–Trinajstić information content (AvgIpc) is 3.21. The van der Waals surface area contributed by atoms with E-state index in [0.29, 0.717) is 10.8 Å². The highest BCUT2D eigenvalue weighted by atomic mass is 35.5. The number of nitrogens with one attached hydrogen (secondary N) is 2. The van der Waals surface area contributed by atoms with Gasteiger partial charge < -0.3 is 19.6 Å². The minimum Gasteiger partial charge on any atom is -0.467 e. The van der Waals surface area contributed by atoms with Crippen molar-refractivity contribution in [1.82, 2.24) is 15.2 Å². The summed E-state index contributed by atoms with van der Waals surface area (Å²) in [6.07, 6.45) is 2.96. The zero-order valence-electron chi connectivity index (χ0n) is 14.9. The van der Waals surface area contributed by atoms with Crippen LogP contribution in [0, 0.1) is 0 Å². The van der Waals surface area contributed by atoms with Crippen LogP contribution >= 0.6 is 11.6 Å². The number of hydrogen-bond donors (Lipinski definition) is 2. The molecule has 0 aliphatic rings. The van der Waals surface area contributed by atoms with Crippen molar-refractivity contribution < 1.29 is 14.0 Å². The highest BCUT2D eigenvalue weighted by molar-refractivity contribution is 6.31. The van der Waals surface area contributed by atoms with E-state index >= 15 is 0 Å². The second-order valence-electron chi connectivity index (χ2n) is 6.01. The first-order valence-corrected chi connectivity index (χ1v) is 8.92. The molecule has 144 valence electrons. The molecule has 0 aliphatic carbocycles. The molecule has 0 radical (unpaired) electrons. The van der Waals surface area contributed by atoms with Gasteiger partial charge in [-0.15, -0.1) is 0 Å². The summed E-state index contributed by atoms with van der Waals surface area (Å²) < 4.78 is 6.51. The van der Waals surface area contributed by atoms with Crippen LogP contribution in [0.25, 0.3) is 0 Å². The number of benzene rings is 1. The van der Waals surface area contributed by atoms with Gasteiger partial charge >= 0.3 is 0 Å². The molecule has 2 aromatic heterocycles. The van der Waals surface area contributed by atoms with Crippen LogP contribution in [-0.2, 0) is 17.9 Å². The summed E-state index contributed by atoms with van der Waals surface area (Å²) in [4.78, 5) is 36.2. The molecule has 7 nitrogen and oxygen atoms in total. The number of aromatic nitrogens is 1. The Morgan fingerprint density at radius 2 is 1.86 bits per heavy atom. The van der Waals surface area contributed by atoms with E-state index in [9.17, 15) is 14.4 Å². The summed E-state index contributed by atoms with van der Waals surface area (Å²) in [6, 6.07) is 13.4. The quantitative estimate of drug-likeness (QED) is 0.636. The van der Waals surface area contributed by atoms with E-state index in [1.807, 2.05) is 12.1 Å². The van der Waals surface area contributed by atoms with Gasteiger partial charge in [-0.1, -0.05) is 29.8 Å². The highest BCUT2D eigenvalue weighted by Crippen LogP contribution is 2.15. The molecule has 0 unspecified atom stereocenters. The van der Waals surface area contributed by atoms with Crippen LogP contribution in [0.15, 0.2) is 70.2 Å². The van der Waals surface area contributed by atoms with Crippen LogP contribution in [0.5, 0.6) is 0 Å². The number of carbonyl (C=O) groups is 2. The zero-order chi connectivity index (χ0) is 19.9. The summed E-state index contributed by atoms with van der Waals surface area (Å²) in [6.45, 7) is 0.289. The molecule has 3 aromatic rings. The standard InChI is InChI=1S/C20H18ClN3O4/c21-17-6-2-1-4-14(17)12-24-13-15(7-8-19(24)26)20(27)23-11-18(25)22-10-16-5-3-9-28-16/h1-9,13H,10-12H2,(H,22,25)(H,23,27). The van der Waals surface area contributed by atoms with Crippen LogP contribution in [0.1, 0.15) is 21.7 Å². The molecule has 2 heterocycles. The summed E-state index contributed by atoms with van der Waals surface area (Å²) in [7, 11) is 0. The Morgan fingerprint density at radius 3 is 2.61 bits per heavy atom. The van der Waals surface area contributed by atoms with Crippen LogP contribution < -0.4 is 16.2 Å². The molecule has 8 heteroatoms. The van der Waals surface area contributed by atoms with E-state index < -0.39 is 5.91 Å². The smallest absolute Gasteiger partial charge is 0.253 e. The van der Waals surface area contributed by atoms with Gasteiger partial charge in [0.2, 0.25) is 5.91 Å². The average molecular weight is 400 g/mol. The van der Waals surface area contributed by atoms with E-state index in [4.69, 9.17) is 16.0 Å². The van der Waals surface area contributed by atoms with Gasteiger partial charge in [-0.2, -0.15) is 0 Å². The molecule has 1 aromatic carbocycles. The van der Waals surface area contributed by atoms with Crippen molar-refractivity contribution in [3.8, 4) is 0 Å². The van der Waals surface area contributed by atoms with Gasteiger partial charge in [0.05, 0.1) is 31.5 Å². The summed E-state index contributed by atoms with van der Waals surface area (Å²) in [5.41, 5.74) is 0.777. The van der Waals surface area contributed by atoms with Crippen molar-refractivity contribution >= 4 is 23.4 Å². The lowest BCUT2D eigenvalue weighted by molar-refractivity contribution is -0.120. The predicted molar refractivity (Wildman–Crippen MR) is 104 cm³/mol. The Kier molecular flexibility index (Phi) is 6.29. The van der Waals surface area contributed by atoms with Crippen molar-refractivity contribution in [2.24, 2.45) is 0 Å². The van der Waals surface area contributed by atoms with Gasteiger partial charge in [-0.25, -0.2) is 0 Å². The van der Waals surface area contributed by atoms with Gasteiger partial charge in [0.1, 0.15) is 5.76 Å². The minimum absolute atomic E-state index is 0.191. The maximum absolute atomic E-state index is 12.3. The minimum atomic E-state index is -0.457. The Morgan fingerprint density at radius 1 is 1.04 bits per heavy atom. The zero-order valence-corrected chi connectivity index (χ0v) is 15.6. The number of hydrogen-bond acceptors (Lipinski definition) is 4. The summed E-state index contributed by atoms with van der Waals surface area (Å²) in [5.74, 6) is -0.193. The number of furan rings is 1. The molecule has 2 N–H and O–H groups in total. The van der Waals surface area contributed by atoms with Gasteiger partial charge in [-0.05, 0) is 29.8 Å². The summed E-state index contributed by atoms with van der Waals surface area (Å²) >= 11 is 6.13. The van der Waals surface area contributed by atoms with Gasteiger partial charge in [0.25, 0.3) is 11.5 Å². The molecule has 0 atom stereocenters. The topological polar surface area (TPSA) is 93.3 Å². The van der Waals surface area contributed by atoms with Gasteiger partial charge in [-0.3, -0.25) is 14.4 Å². The maximum Gasteiger partial charge on any atom is 0.253 e. The molecular formula is C20H18ClN3O4. The second-order valence-corrected chi connectivity index (χ2v) is 6.42. The third-order valence-corrected chi connectivity index (χ3v) is 4.36. The van der Waals surface area contributed by atoms with E-state index in [0.717, 1.165) is 5.56 Å². The Hall–Kier alpha value is -3.32. The summed E-state index contributed by atoms with van der Waals surface area (Å²) in [5, 5.41) is 5.70. The van der Waals surface area contributed by atoms with Crippen molar-refractivity contribution in [3.05, 3.63) is 93.3 Å².